The predicted octanol–water partition coefficient (Wildman–Crippen LogP) is 0.611. The summed E-state index contributed by atoms with van der Waals surface area (Å²) in [7, 11) is -7.72. The number of rotatable bonds is 4. The second-order valence-corrected chi connectivity index (χ2v) is 7.50. The summed E-state index contributed by atoms with van der Waals surface area (Å²) in [6, 6.07) is 4.33. The monoisotopic (exact) mass is 319 g/mol. The number of sulfone groups is 1. The number of hydrogen-bond donors (Lipinski definition) is 0. The number of nitro benzene ring substituents is 1. The lowest BCUT2D eigenvalue weighted by atomic mass is 10.3. The van der Waals surface area contributed by atoms with E-state index >= 15 is 0 Å². The molecular weight excluding hydrogens is 310 g/mol. The van der Waals surface area contributed by atoms with Crippen LogP contribution in [0.2, 0.25) is 0 Å². The molecule has 0 radical (unpaired) electrons. The molecule has 0 spiro atoms. The third-order valence-corrected chi connectivity index (χ3v) is 5.16. The Morgan fingerprint density at radius 1 is 1.35 bits per heavy atom. The molecule has 108 valence electrons. The van der Waals surface area contributed by atoms with Gasteiger partial charge in [0, 0.05) is 17.5 Å². The van der Waals surface area contributed by atoms with E-state index in [1.165, 1.54) is 6.07 Å². The molecule has 1 aromatic rings. The first-order valence-electron chi connectivity index (χ1n) is 5.28. The number of nitro groups is 1. The van der Waals surface area contributed by atoms with Crippen molar-refractivity contribution in [2.45, 2.75) is 11.0 Å². The first-order valence-corrected chi connectivity index (χ1v) is 8.41. The van der Waals surface area contributed by atoms with Crippen LogP contribution >= 0.6 is 0 Å². The van der Waals surface area contributed by atoms with Gasteiger partial charge in [-0.15, -0.1) is 0 Å². The van der Waals surface area contributed by atoms with Crippen LogP contribution in [0.3, 0.4) is 0 Å². The molecule has 20 heavy (non-hydrogen) atoms. The molecule has 1 unspecified atom stereocenters. The molecule has 0 saturated carbocycles. The first-order chi connectivity index (χ1) is 9.20. The van der Waals surface area contributed by atoms with Crippen molar-refractivity contribution >= 4 is 25.6 Å². The summed E-state index contributed by atoms with van der Waals surface area (Å²) in [6.07, 6.45) is -0.00574. The fraction of sp³-hybridized carbons (Fsp3) is 0.200. The van der Waals surface area contributed by atoms with Gasteiger partial charge in [0.25, 0.3) is 15.8 Å². The lowest BCUT2D eigenvalue weighted by Gasteiger charge is -2.09. The number of non-ortho nitro benzene ring substituents is 1. The molecule has 0 amide bonds. The summed E-state index contributed by atoms with van der Waals surface area (Å²) >= 11 is 0. The predicted molar refractivity (Wildman–Crippen MR) is 68.1 cm³/mol. The van der Waals surface area contributed by atoms with Gasteiger partial charge in [0.1, 0.15) is 11.0 Å². The van der Waals surface area contributed by atoms with Gasteiger partial charge in [0.15, 0.2) is 9.84 Å². The highest BCUT2D eigenvalue weighted by atomic mass is 32.2. The maximum atomic E-state index is 11.9. The van der Waals surface area contributed by atoms with Crippen molar-refractivity contribution in [1.29, 1.82) is 0 Å². The molecule has 1 aromatic carbocycles. The van der Waals surface area contributed by atoms with E-state index < -0.39 is 47.3 Å². The van der Waals surface area contributed by atoms with Gasteiger partial charge in [0.2, 0.25) is 0 Å². The van der Waals surface area contributed by atoms with Crippen molar-refractivity contribution in [1.82, 2.24) is 0 Å². The second kappa shape index (κ2) is 4.96. The Kier molecular flexibility index (Phi) is 3.63. The minimum atomic E-state index is -4.27. The summed E-state index contributed by atoms with van der Waals surface area (Å²) in [6.45, 7) is 0. The zero-order chi connectivity index (χ0) is 15.0. The zero-order valence-corrected chi connectivity index (χ0v) is 11.5. The van der Waals surface area contributed by atoms with E-state index in [4.69, 9.17) is 4.18 Å². The van der Waals surface area contributed by atoms with Gasteiger partial charge in [-0.2, -0.15) is 8.42 Å². The highest BCUT2D eigenvalue weighted by Gasteiger charge is 2.29. The van der Waals surface area contributed by atoms with E-state index in [2.05, 4.69) is 0 Å². The molecule has 1 heterocycles. The normalized spacial score (nSPS) is 20.9. The molecule has 8 nitrogen and oxygen atoms in total. The Balaban J connectivity index is 2.26. The van der Waals surface area contributed by atoms with E-state index in [1.807, 2.05) is 0 Å². The van der Waals surface area contributed by atoms with Gasteiger partial charge < -0.3 is 0 Å². The minimum absolute atomic E-state index is 0.399. The lowest BCUT2D eigenvalue weighted by molar-refractivity contribution is -0.385. The standard InChI is InChI=1S/C10H9NO7S2/c12-11(13)8-2-1-3-10(6-8)20(16,17)18-9-4-5-19(14,15)7-9/h1-6,9H,7H2. The third-order valence-electron chi connectivity index (χ3n) is 2.46. The molecule has 0 bridgehead atoms. The van der Waals surface area contributed by atoms with E-state index in [-0.39, 0.29) is 0 Å². The Bertz CT molecular complexity index is 780. The van der Waals surface area contributed by atoms with Crippen molar-refractivity contribution in [3.8, 4) is 0 Å². The molecular formula is C10H9NO7S2. The van der Waals surface area contributed by atoms with Crippen molar-refractivity contribution in [3.63, 3.8) is 0 Å². The van der Waals surface area contributed by atoms with E-state index in [0.29, 0.717) is 0 Å². The van der Waals surface area contributed by atoms with Crippen molar-refractivity contribution < 1.29 is 25.9 Å². The van der Waals surface area contributed by atoms with Crippen LogP contribution in [0.1, 0.15) is 0 Å². The van der Waals surface area contributed by atoms with Gasteiger partial charge in [-0.3, -0.25) is 14.3 Å². The van der Waals surface area contributed by atoms with Crippen LogP contribution < -0.4 is 0 Å². The molecule has 2 rings (SSSR count). The van der Waals surface area contributed by atoms with Crippen LogP contribution in [0.4, 0.5) is 5.69 Å². The molecule has 1 atom stereocenters. The number of nitrogens with zero attached hydrogens (tertiary/aromatic N) is 1. The van der Waals surface area contributed by atoms with Crippen LogP contribution in [-0.2, 0) is 24.1 Å². The Hall–Kier alpha value is -1.78. The zero-order valence-electron chi connectivity index (χ0n) is 9.87. The Morgan fingerprint density at radius 3 is 2.60 bits per heavy atom. The summed E-state index contributed by atoms with van der Waals surface area (Å²) in [5, 5.41) is 11.5. The summed E-state index contributed by atoms with van der Waals surface area (Å²) in [5.74, 6) is -0.471. The first kappa shape index (κ1) is 14.6. The van der Waals surface area contributed by atoms with Gasteiger partial charge in [0.05, 0.1) is 10.7 Å². The highest BCUT2D eigenvalue weighted by Crippen LogP contribution is 2.22. The van der Waals surface area contributed by atoms with Crippen LogP contribution in [0.15, 0.2) is 40.6 Å². The van der Waals surface area contributed by atoms with Crippen LogP contribution in [0, 0.1) is 10.1 Å². The highest BCUT2D eigenvalue weighted by molar-refractivity contribution is 7.94. The maximum absolute atomic E-state index is 11.9. The van der Waals surface area contributed by atoms with Crippen LogP contribution in [-0.4, -0.2) is 33.6 Å². The van der Waals surface area contributed by atoms with Gasteiger partial charge in [-0.05, 0) is 12.1 Å². The summed E-state index contributed by atoms with van der Waals surface area (Å²) < 4.78 is 50.9. The Morgan fingerprint density at radius 2 is 2.05 bits per heavy atom. The maximum Gasteiger partial charge on any atom is 0.297 e. The molecule has 0 fully saturated rings. The molecule has 0 N–H and O–H groups in total. The summed E-state index contributed by atoms with van der Waals surface area (Å²) in [5.41, 5.74) is -0.399. The lowest BCUT2D eigenvalue weighted by Crippen LogP contribution is -2.20. The molecule has 1 aliphatic rings. The molecule has 10 heteroatoms. The number of benzene rings is 1. The van der Waals surface area contributed by atoms with Gasteiger partial charge >= 0.3 is 0 Å². The largest absolute Gasteiger partial charge is 0.297 e. The molecule has 0 aliphatic carbocycles. The minimum Gasteiger partial charge on any atom is -0.258 e. The van der Waals surface area contributed by atoms with Gasteiger partial charge in [-0.1, -0.05) is 6.07 Å². The average Bonchev–Trinajstić information content (AvgIpc) is 2.68. The van der Waals surface area contributed by atoms with Crippen molar-refractivity contribution in [2.75, 3.05) is 5.75 Å². The smallest absolute Gasteiger partial charge is 0.258 e. The van der Waals surface area contributed by atoms with Crippen molar-refractivity contribution in [2.24, 2.45) is 0 Å². The van der Waals surface area contributed by atoms with Crippen molar-refractivity contribution in [3.05, 3.63) is 45.9 Å². The second-order valence-electron chi connectivity index (χ2n) is 4.00. The number of hydrogen-bond acceptors (Lipinski definition) is 7. The fourth-order valence-electron chi connectivity index (χ4n) is 1.58. The summed E-state index contributed by atoms with van der Waals surface area (Å²) in [4.78, 5) is 9.45. The van der Waals surface area contributed by atoms with E-state index in [1.54, 1.807) is 0 Å². The average molecular weight is 319 g/mol. The third kappa shape index (κ3) is 3.21. The van der Waals surface area contributed by atoms with E-state index in [9.17, 15) is 26.9 Å². The fourth-order valence-corrected chi connectivity index (χ4v) is 3.91. The Labute approximate surface area is 114 Å². The van der Waals surface area contributed by atoms with Gasteiger partial charge in [-0.25, -0.2) is 8.42 Å². The molecule has 0 saturated heterocycles. The van der Waals surface area contributed by atoms with Crippen LogP contribution in [0.5, 0.6) is 0 Å². The van der Waals surface area contributed by atoms with E-state index in [0.717, 1.165) is 29.7 Å². The quantitative estimate of drug-likeness (QED) is 0.453. The molecule has 1 aliphatic heterocycles. The van der Waals surface area contributed by atoms with Crippen LogP contribution in [0.25, 0.3) is 0 Å². The molecule has 0 aromatic heterocycles. The topological polar surface area (TPSA) is 121 Å². The SMILES string of the molecule is O=[N+]([O-])c1cccc(S(=O)(=O)OC2C=CS(=O)(=O)C2)c1.